The molecule has 0 saturated heterocycles. The van der Waals surface area contributed by atoms with Crippen molar-refractivity contribution < 1.29 is 52.5 Å². The molecule has 0 fully saturated rings. The molecule has 4 N–H and O–H groups in total. The maximum absolute atomic E-state index is 8.93. The van der Waals surface area contributed by atoms with Gasteiger partial charge in [-0.2, -0.15) is 0 Å². The molecule has 0 aromatic carbocycles. The fourth-order valence-corrected chi connectivity index (χ4v) is 0. The minimum absolute atomic E-state index is 0. The van der Waals surface area contributed by atoms with Gasteiger partial charge in [-0.05, 0) is 0 Å². The van der Waals surface area contributed by atoms with Crippen LogP contribution in [0.15, 0.2) is 0 Å². The SMILES string of the molecule is O=C([O-])C(=O)[O-].[NH4+].[Y+3]. The topological polar surface area (TPSA) is 117 Å². The quantitative estimate of drug-likeness (QED) is 0.411. The molecule has 0 radical (unpaired) electrons. The van der Waals surface area contributed by atoms with Crippen LogP contribution < -0.4 is 16.4 Å². The van der Waals surface area contributed by atoms with Crippen molar-refractivity contribution in [2.75, 3.05) is 0 Å². The summed E-state index contributed by atoms with van der Waals surface area (Å²) < 4.78 is 0. The van der Waals surface area contributed by atoms with E-state index in [1.54, 1.807) is 0 Å². The number of carboxylic acid groups (broad SMARTS) is 2. The van der Waals surface area contributed by atoms with E-state index < -0.39 is 11.9 Å². The van der Waals surface area contributed by atoms with Crippen LogP contribution in [0.2, 0.25) is 0 Å². The number of carbonyl (C=O) groups excluding carboxylic acids is 2. The molecular formula is C2H4NO4Y+2. The second-order valence-corrected chi connectivity index (χ2v) is 0.575. The molecule has 0 aliphatic heterocycles. The van der Waals surface area contributed by atoms with E-state index in [9.17, 15) is 0 Å². The number of hydrogen-bond donors (Lipinski definition) is 1. The number of rotatable bonds is 0. The summed E-state index contributed by atoms with van der Waals surface area (Å²) >= 11 is 0. The molecule has 0 heterocycles. The minimum atomic E-state index is -2.19. The number of hydrogen-bond acceptors (Lipinski definition) is 4. The maximum Gasteiger partial charge on any atom is 3.00 e. The van der Waals surface area contributed by atoms with Crippen molar-refractivity contribution >= 4 is 11.9 Å². The molecule has 5 nitrogen and oxygen atoms in total. The van der Waals surface area contributed by atoms with Crippen LogP contribution in [0.1, 0.15) is 0 Å². The Bertz CT molecular complexity index is 80.0. The molecule has 0 bridgehead atoms. The summed E-state index contributed by atoms with van der Waals surface area (Å²) in [5.74, 6) is -4.37. The Kier molecular flexibility index (Phi) is 13.7. The first-order valence-corrected chi connectivity index (χ1v) is 1.07. The Hall–Kier alpha value is 0.00390. The largest absolute Gasteiger partial charge is 3.00 e. The Morgan fingerprint density at radius 1 is 1.00 bits per heavy atom. The van der Waals surface area contributed by atoms with E-state index in [4.69, 9.17) is 19.8 Å². The monoisotopic (exact) mass is 195 g/mol. The van der Waals surface area contributed by atoms with E-state index in [-0.39, 0.29) is 38.9 Å². The second kappa shape index (κ2) is 7.00. The van der Waals surface area contributed by atoms with Crippen LogP contribution >= 0.6 is 0 Å². The zero-order valence-electron chi connectivity index (χ0n) is 4.21. The smallest absolute Gasteiger partial charge is 0.543 e. The molecule has 0 aliphatic rings. The summed E-state index contributed by atoms with van der Waals surface area (Å²) in [6.45, 7) is 0. The van der Waals surface area contributed by atoms with Crippen LogP contribution in [-0.2, 0) is 42.3 Å². The summed E-state index contributed by atoms with van der Waals surface area (Å²) in [6.07, 6.45) is 0. The average Bonchev–Trinajstić information content (AvgIpc) is 1.36. The van der Waals surface area contributed by atoms with E-state index in [0.717, 1.165) is 0 Å². The van der Waals surface area contributed by atoms with Gasteiger partial charge in [0.2, 0.25) is 0 Å². The molecule has 8 heavy (non-hydrogen) atoms. The van der Waals surface area contributed by atoms with Crippen LogP contribution in [0.4, 0.5) is 0 Å². The van der Waals surface area contributed by atoms with E-state index in [2.05, 4.69) is 0 Å². The summed E-state index contributed by atoms with van der Waals surface area (Å²) in [5.41, 5.74) is 0. The van der Waals surface area contributed by atoms with Gasteiger partial charge in [-0.1, -0.05) is 0 Å². The van der Waals surface area contributed by atoms with Crippen molar-refractivity contribution in [1.29, 1.82) is 0 Å². The number of carbonyl (C=O) groups is 2. The third-order valence-electron chi connectivity index (χ3n) is 0.167. The fourth-order valence-electron chi connectivity index (χ4n) is 0. The minimum Gasteiger partial charge on any atom is -0.543 e. The van der Waals surface area contributed by atoms with Crippen LogP contribution in [-0.4, -0.2) is 11.9 Å². The van der Waals surface area contributed by atoms with Crippen molar-refractivity contribution in [2.24, 2.45) is 0 Å². The molecule has 0 aromatic rings. The number of carboxylic acids is 2. The Morgan fingerprint density at radius 2 is 1.12 bits per heavy atom. The molecule has 0 saturated carbocycles. The van der Waals surface area contributed by atoms with Gasteiger partial charge < -0.3 is 26.0 Å². The van der Waals surface area contributed by atoms with Gasteiger partial charge >= 0.3 is 32.7 Å². The third kappa shape index (κ3) is 9.38. The molecule has 0 spiro atoms. The van der Waals surface area contributed by atoms with Crippen molar-refractivity contribution in [2.45, 2.75) is 0 Å². The first kappa shape index (κ1) is 15.7. The Balaban J connectivity index is -0.000000125. The zero-order valence-corrected chi connectivity index (χ0v) is 7.05. The Morgan fingerprint density at radius 3 is 1.12 bits per heavy atom. The summed E-state index contributed by atoms with van der Waals surface area (Å²) in [7, 11) is 0. The molecule has 42 valence electrons. The van der Waals surface area contributed by atoms with Crippen LogP contribution in [0.3, 0.4) is 0 Å². The molecule has 6 heteroatoms. The zero-order chi connectivity index (χ0) is 5.15. The van der Waals surface area contributed by atoms with Crippen molar-refractivity contribution in [1.82, 2.24) is 6.15 Å². The summed E-state index contributed by atoms with van der Waals surface area (Å²) in [5, 5.41) is 17.9. The van der Waals surface area contributed by atoms with Gasteiger partial charge in [-0.15, -0.1) is 0 Å². The van der Waals surface area contributed by atoms with Gasteiger partial charge in [-0.25, -0.2) is 0 Å². The van der Waals surface area contributed by atoms with Gasteiger partial charge in [0.15, 0.2) is 0 Å². The normalized spacial score (nSPS) is 5.50. The van der Waals surface area contributed by atoms with Crippen LogP contribution in [0.5, 0.6) is 0 Å². The standard InChI is InChI=1S/C2H2O4.H3N.Y/c3-1(4)2(5)6;;/h(H,3,4)(H,5,6);1H3;/q;;+3/p-1. The van der Waals surface area contributed by atoms with Gasteiger partial charge in [-0.3, -0.25) is 0 Å². The molecule has 0 rings (SSSR count). The number of aliphatic carboxylic acids is 2. The van der Waals surface area contributed by atoms with E-state index in [1.807, 2.05) is 0 Å². The predicted octanol–water partition coefficient (Wildman–Crippen LogP) is -3.14. The van der Waals surface area contributed by atoms with E-state index in [1.165, 1.54) is 0 Å². The van der Waals surface area contributed by atoms with Crippen molar-refractivity contribution in [3.63, 3.8) is 0 Å². The van der Waals surface area contributed by atoms with Crippen LogP contribution in [0, 0.1) is 0 Å². The molecular weight excluding hydrogens is 191 g/mol. The summed E-state index contributed by atoms with van der Waals surface area (Å²) in [4.78, 5) is 17.9. The van der Waals surface area contributed by atoms with E-state index >= 15 is 0 Å². The van der Waals surface area contributed by atoms with Gasteiger partial charge in [0.25, 0.3) is 0 Å². The molecule has 0 aromatic heterocycles. The molecule has 0 aliphatic carbocycles. The number of quaternary nitrogens is 1. The predicted molar refractivity (Wildman–Crippen MR) is 16.0 cm³/mol. The van der Waals surface area contributed by atoms with Gasteiger partial charge in [0, 0.05) is 0 Å². The van der Waals surface area contributed by atoms with Crippen molar-refractivity contribution in [3.8, 4) is 0 Å². The van der Waals surface area contributed by atoms with E-state index in [0.29, 0.717) is 0 Å². The third-order valence-corrected chi connectivity index (χ3v) is 0.167. The molecule has 0 amide bonds. The van der Waals surface area contributed by atoms with Gasteiger partial charge in [0.1, 0.15) is 0 Å². The second-order valence-electron chi connectivity index (χ2n) is 0.575. The fraction of sp³-hybridized carbons (Fsp3) is 0. The van der Waals surface area contributed by atoms with Gasteiger partial charge in [0.05, 0.1) is 11.9 Å². The molecule has 0 unspecified atom stereocenters. The first-order chi connectivity index (χ1) is 2.64. The summed E-state index contributed by atoms with van der Waals surface area (Å²) in [6, 6.07) is 0. The maximum atomic E-state index is 8.93. The van der Waals surface area contributed by atoms with Crippen LogP contribution in [0.25, 0.3) is 0 Å². The average molecular weight is 195 g/mol. The molecule has 0 atom stereocenters. The Labute approximate surface area is 70.5 Å². The first-order valence-electron chi connectivity index (χ1n) is 1.07. The van der Waals surface area contributed by atoms with Crippen molar-refractivity contribution in [3.05, 3.63) is 0 Å².